The molecule has 2 aromatic rings. The Morgan fingerprint density at radius 2 is 2.00 bits per heavy atom. The van der Waals surface area contributed by atoms with Crippen LogP contribution in [0.3, 0.4) is 0 Å². The third kappa shape index (κ3) is 6.40. The van der Waals surface area contributed by atoms with Crippen molar-refractivity contribution in [2.24, 2.45) is 0 Å². The predicted octanol–water partition coefficient (Wildman–Crippen LogP) is 2.04. The van der Waals surface area contributed by atoms with Crippen molar-refractivity contribution >= 4 is 27.3 Å². The van der Waals surface area contributed by atoms with Gasteiger partial charge < -0.3 is 10.1 Å². The first-order valence-corrected chi connectivity index (χ1v) is 10.8. The van der Waals surface area contributed by atoms with Crippen LogP contribution in [0.25, 0.3) is 0 Å². The highest BCUT2D eigenvalue weighted by Crippen LogP contribution is 2.16. The van der Waals surface area contributed by atoms with E-state index in [9.17, 15) is 13.2 Å². The Kier molecular flexibility index (Phi) is 7.13. The molecule has 0 aliphatic carbocycles. The van der Waals surface area contributed by atoms with Crippen LogP contribution < -0.4 is 10.1 Å². The fraction of sp³-hybridized carbons (Fsp3) is 0.412. The monoisotopic (exact) mass is 397 g/mol. The number of hydrogen-bond acceptors (Lipinski definition) is 6. The number of ether oxygens (including phenoxy) is 1. The van der Waals surface area contributed by atoms with E-state index in [4.69, 9.17) is 4.74 Å². The minimum atomic E-state index is -3.19. The number of aryl methyl sites for hydroxylation is 1. The molecule has 0 fully saturated rings. The number of amides is 1. The van der Waals surface area contributed by atoms with Gasteiger partial charge in [-0.05, 0) is 25.5 Å². The summed E-state index contributed by atoms with van der Waals surface area (Å²) in [7, 11) is -1.68. The van der Waals surface area contributed by atoms with Gasteiger partial charge in [0.2, 0.25) is 10.0 Å². The van der Waals surface area contributed by atoms with E-state index in [0.717, 1.165) is 17.6 Å². The quantitative estimate of drug-likeness (QED) is 0.654. The van der Waals surface area contributed by atoms with Crippen LogP contribution in [0.1, 0.15) is 27.5 Å². The van der Waals surface area contributed by atoms with Gasteiger partial charge in [0.15, 0.2) is 0 Å². The molecule has 0 spiro atoms. The third-order valence-electron chi connectivity index (χ3n) is 3.67. The Morgan fingerprint density at radius 3 is 2.65 bits per heavy atom. The van der Waals surface area contributed by atoms with Crippen molar-refractivity contribution in [2.45, 2.75) is 20.0 Å². The molecule has 0 saturated heterocycles. The summed E-state index contributed by atoms with van der Waals surface area (Å²) in [5.74, 6) is 0.483. The van der Waals surface area contributed by atoms with Crippen molar-refractivity contribution in [3.8, 4) is 5.75 Å². The first-order valence-electron chi connectivity index (χ1n) is 8.09. The Morgan fingerprint density at radius 1 is 1.31 bits per heavy atom. The third-order valence-corrected chi connectivity index (χ3v) is 5.81. The highest BCUT2D eigenvalue weighted by Gasteiger charge is 2.12. The van der Waals surface area contributed by atoms with Gasteiger partial charge in [-0.3, -0.25) is 4.79 Å². The maximum absolute atomic E-state index is 12.1. The zero-order valence-corrected chi connectivity index (χ0v) is 16.7. The molecule has 1 aromatic heterocycles. The van der Waals surface area contributed by atoms with E-state index in [1.807, 2.05) is 31.2 Å². The zero-order chi connectivity index (χ0) is 19.2. The van der Waals surface area contributed by atoms with Crippen molar-refractivity contribution in [3.63, 3.8) is 0 Å². The summed E-state index contributed by atoms with van der Waals surface area (Å²) in [6.07, 6.45) is 1.68. The van der Waals surface area contributed by atoms with E-state index in [0.29, 0.717) is 36.8 Å². The van der Waals surface area contributed by atoms with Crippen LogP contribution in [-0.4, -0.2) is 50.0 Å². The van der Waals surface area contributed by atoms with Crippen LogP contribution in [0.4, 0.5) is 0 Å². The lowest BCUT2D eigenvalue weighted by Crippen LogP contribution is -2.31. The highest BCUT2D eigenvalue weighted by atomic mass is 32.2. The van der Waals surface area contributed by atoms with Gasteiger partial charge in [-0.15, -0.1) is 11.3 Å². The maximum atomic E-state index is 12.1. The summed E-state index contributed by atoms with van der Waals surface area (Å²) in [6.45, 7) is 3.05. The number of rotatable bonds is 9. The second-order valence-electron chi connectivity index (χ2n) is 5.92. The molecule has 0 saturated carbocycles. The molecule has 26 heavy (non-hydrogen) atoms. The molecule has 1 amide bonds. The van der Waals surface area contributed by atoms with Crippen LogP contribution in [0.15, 0.2) is 29.6 Å². The molecule has 2 rings (SSSR count). The van der Waals surface area contributed by atoms with Gasteiger partial charge in [-0.2, -0.15) is 0 Å². The zero-order valence-electron chi connectivity index (χ0n) is 15.1. The summed E-state index contributed by atoms with van der Waals surface area (Å²) >= 11 is 1.36. The second kappa shape index (κ2) is 9.11. The van der Waals surface area contributed by atoms with E-state index < -0.39 is 10.0 Å². The number of nitrogens with one attached hydrogen (secondary N) is 1. The minimum absolute atomic E-state index is 0.273. The Bertz CT molecular complexity index is 832. The Labute approximate surface area is 158 Å². The number of thiazole rings is 1. The van der Waals surface area contributed by atoms with Gasteiger partial charge in [0.1, 0.15) is 23.1 Å². The first kappa shape index (κ1) is 20.3. The van der Waals surface area contributed by atoms with Crippen molar-refractivity contribution in [1.82, 2.24) is 14.6 Å². The van der Waals surface area contributed by atoms with Gasteiger partial charge in [0, 0.05) is 25.5 Å². The van der Waals surface area contributed by atoms with Gasteiger partial charge in [0.25, 0.3) is 5.91 Å². The lowest BCUT2D eigenvalue weighted by Gasteiger charge is -2.13. The molecule has 0 aliphatic heterocycles. The molecule has 0 aliphatic rings. The molecule has 9 heteroatoms. The molecule has 1 heterocycles. The molecular formula is C17H23N3O4S2. The normalized spacial score (nSPS) is 11.5. The standard InChI is InChI=1S/C17H23N3O4S2/c1-13-5-7-14(8-6-13)24-11-16-19-15(12-25-16)17(21)18-9-4-10-20(2)26(3,22)23/h5-8,12H,4,9-11H2,1-3H3,(H,18,21). The van der Waals surface area contributed by atoms with E-state index in [-0.39, 0.29) is 5.91 Å². The van der Waals surface area contributed by atoms with Gasteiger partial charge in [0.05, 0.1) is 6.26 Å². The molecule has 0 atom stereocenters. The lowest BCUT2D eigenvalue weighted by molar-refractivity contribution is 0.0948. The van der Waals surface area contributed by atoms with Gasteiger partial charge in [-0.1, -0.05) is 17.7 Å². The summed E-state index contributed by atoms with van der Waals surface area (Å²) in [6, 6.07) is 7.72. The predicted molar refractivity (Wildman–Crippen MR) is 102 cm³/mol. The Hall–Kier alpha value is -1.97. The highest BCUT2D eigenvalue weighted by molar-refractivity contribution is 7.88. The molecule has 1 N–H and O–H groups in total. The van der Waals surface area contributed by atoms with E-state index in [1.165, 1.54) is 22.7 Å². The van der Waals surface area contributed by atoms with Crippen molar-refractivity contribution in [2.75, 3.05) is 26.4 Å². The number of carbonyl (C=O) groups excluding carboxylic acids is 1. The van der Waals surface area contributed by atoms with Crippen molar-refractivity contribution < 1.29 is 17.9 Å². The minimum Gasteiger partial charge on any atom is -0.486 e. The molecule has 1 aromatic carbocycles. The largest absolute Gasteiger partial charge is 0.486 e. The average Bonchev–Trinajstić information content (AvgIpc) is 3.06. The van der Waals surface area contributed by atoms with Crippen LogP contribution >= 0.6 is 11.3 Å². The average molecular weight is 398 g/mol. The van der Waals surface area contributed by atoms with Crippen LogP contribution in [-0.2, 0) is 16.6 Å². The van der Waals surface area contributed by atoms with Crippen LogP contribution in [0.5, 0.6) is 5.75 Å². The van der Waals surface area contributed by atoms with E-state index in [2.05, 4.69) is 10.3 Å². The molecule has 7 nitrogen and oxygen atoms in total. The fourth-order valence-electron chi connectivity index (χ4n) is 2.02. The first-order chi connectivity index (χ1) is 12.3. The van der Waals surface area contributed by atoms with Crippen LogP contribution in [0, 0.1) is 6.92 Å². The Balaban J connectivity index is 1.75. The summed E-state index contributed by atoms with van der Waals surface area (Å²) in [4.78, 5) is 16.3. The molecule has 0 bridgehead atoms. The number of carbonyl (C=O) groups is 1. The smallest absolute Gasteiger partial charge is 0.270 e. The molecular weight excluding hydrogens is 374 g/mol. The van der Waals surface area contributed by atoms with Gasteiger partial charge >= 0.3 is 0 Å². The lowest BCUT2D eigenvalue weighted by atomic mass is 10.2. The summed E-state index contributed by atoms with van der Waals surface area (Å²) < 4.78 is 29.5. The number of benzene rings is 1. The van der Waals surface area contributed by atoms with Crippen LogP contribution in [0.2, 0.25) is 0 Å². The summed E-state index contributed by atoms with van der Waals surface area (Å²) in [5.41, 5.74) is 1.50. The SMILES string of the molecule is Cc1ccc(OCc2nc(C(=O)NCCCN(C)S(C)(=O)=O)cs2)cc1. The van der Waals surface area contributed by atoms with E-state index in [1.54, 1.807) is 5.38 Å². The number of sulfonamides is 1. The fourth-order valence-corrected chi connectivity index (χ4v) is 3.17. The maximum Gasteiger partial charge on any atom is 0.270 e. The number of nitrogens with zero attached hydrogens (tertiary/aromatic N) is 2. The van der Waals surface area contributed by atoms with Crippen molar-refractivity contribution in [1.29, 1.82) is 0 Å². The van der Waals surface area contributed by atoms with E-state index >= 15 is 0 Å². The second-order valence-corrected chi connectivity index (χ2v) is 8.95. The molecule has 0 radical (unpaired) electrons. The summed E-state index contributed by atoms with van der Waals surface area (Å²) in [5, 5.41) is 5.14. The molecule has 0 unspecified atom stereocenters. The van der Waals surface area contributed by atoms with Gasteiger partial charge in [-0.25, -0.2) is 17.7 Å². The number of hydrogen-bond donors (Lipinski definition) is 1. The number of aromatic nitrogens is 1. The topological polar surface area (TPSA) is 88.6 Å². The van der Waals surface area contributed by atoms with Crippen molar-refractivity contribution in [3.05, 3.63) is 45.9 Å². The molecule has 142 valence electrons.